The monoisotopic (exact) mass is 259 g/mol. The lowest BCUT2D eigenvalue weighted by Crippen LogP contribution is -2.37. The molecule has 1 fully saturated rings. The van der Waals surface area contributed by atoms with Crippen LogP contribution in [0.25, 0.3) is 0 Å². The maximum Gasteiger partial charge on any atom is 0.250 e. The van der Waals surface area contributed by atoms with Crippen LogP contribution in [0.4, 0.5) is 4.39 Å². The number of pyridine rings is 1. The number of nitrogens with two attached hydrogens (primary N) is 1. The Balaban J connectivity index is 2.06. The zero-order chi connectivity index (χ0) is 12.4. The summed E-state index contributed by atoms with van der Waals surface area (Å²) in [6.07, 6.45) is 1.21. The fourth-order valence-corrected chi connectivity index (χ4v) is 2.05. The molecule has 1 aromatic heterocycles. The predicted octanol–water partition coefficient (Wildman–Crippen LogP) is 0.464. The van der Waals surface area contributed by atoms with Crippen LogP contribution in [0.2, 0.25) is 0 Å². The fourth-order valence-electron chi connectivity index (χ4n) is 1.70. The predicted molar refractivity (Wildman–Crippen MR) is 63.7 cm³/mol. The Hall–Kier alpha value is -1.05. The molecule has 0 saturated carbocycles. The minimum absolute atomic E-state index is 0.0520. The molecular formula is C10H14FN3O2S. The number of methoxy groups -OCH3 is 1. The largest absolute Gasteiger partial charge is 0.486 e. The summed E-state index contributed by atoms with van der Waals surface area (Å²) in [7, 11) is 1.36. The van der Waals surface area contributed by atoms with Gasteiger partial charge in [-0.15, -0.1) is 0 Å². The van der Waals surface area contributed by atoms with E-state index in [2.05, 4.69) is 17.8 Å². The Labute approximate surface area is 104 Å². The Bertz CT molecular complexity index is 407. The first-order chi connectivity index (χ1) is 8.10. The molecule has 0 radical (unpaired) electrons. The molecule has 7 heteroatoms. The number of nitrogens with zero attached hydrogens (tertiary/aromatic N) is 2. The van der Waals surface area contributed by atoms with Gasteiger partial charge >= 0.3 is 0 Å². The first-order valence-electron chi connectivity index (χ1n) is 5.15. The van der Waals surface area contributed by atoms with Gasteiger partial charge in [-0.1, -0.05) is 12.8 Å². The quantitative estimate of drug-likeness (QED) is 0.772. The number of ether oxygens (including phenoxy) is 2. The van der Waals surface area contributed by atoms with E-state index in [1.54, 1.807) is 4.31 Å². The average molecular weight is 259 g/mol. The molecule has 0 aliphatic carbocycles. The van der Waals surface area contributed by atoms with Crippen molar-refractivity contribution >= 4 is 12.8 Å². The van der Waals surface area contributed by atoms with Gasteiger partial charge in [0.2, 0.25) is 5.88 Å². The molecule has 2 atom stereocenters. The number of rotatable bonds is 3. The van der Waals surface area contributed by atoms with Crippen molar-refractivity contribution in [2.24, 2.45) is 5.73 Å². The number of aromatic nitrogens is 1. The number of halogens is 1. The molecule has 17 heavy (non-hydrogen) atoms. The third-order valence-electron chi connectivity index (χ3n) is 2.55. The lowest BCUT2D eigenvalue weighted by atomic mass is 10.2. The normalized spacial score (nSPS) is 24.9. The van der Waals surface area contributed by atoms with Crippen molar-refractivity contribution < 1.29 is 13.9 Å². The summed E-state index contributed by atoms with van der Waals surface area (Å²) in [6, 6.07) is 1.09. The zero-order valence-electron chi connectivity index (χ0n) is 9.34. The SMILES string of the molecule is COc1ncc(OC2CN(S)CC2N)cc1F. The molecule has 1 aliphatic heterocycles. The van der Waals surface area contributed by atoms with E-state index in [4.69, 9.17) is 15.2 Å². The topological polar surface area (TPSA) is 60.6 Å². The van der Waals surface area contributed by atoms with Crippen molar-refractivity contribution in [2.75, 3.05) is 20.2 Å². The summed E-state index contributed by atoms with van der Waals surface area (Å²) in [4.78, 5) is 3.79. The minimum Gasteiger partial charge on any atom is -0.486 e. The van der Waals surface area contributed by atoms with Crippen LogP contribution >= 0.6 is 12.8 Å². The molecule has 0 aromatic carbocycles. The standard InChI is InChI=1S/C10H14FN3O2S/c1-15-10-7(11)2-6(3-13-10)16-9-5-14(17)4-8(9)12/h2-3,8-9,17H,4-5,12H2,1H3. The summed E-state index contributed by atoms with van der Waals surface area (Å²) < 4.78 is 25.4. The lowest BCUT2D eigenvalue weighted by Gasteiger charge is -2.16. The fraction of sp³-hybridized carbons (Fsp3) is 0.500. The zero-order valence-corrected chi connectivity index (χ0v) is 10.2. The van der Waals surface area contributed by atoms with Crippen LogP contribution in [0, 0.1) is 5.82 Å². The Morgan fingerprint density at radius 1 is 1.59 bits per heavy atom. The van der Waals surface area contributed by atoms with Gasteiger partial charge in [0.25, 0.3) is 0 Å². The maximum atomic E-state index is 13.4. The second-order valence-electron chi connectivity index (χ2n) is 3.85. The van der Waals surface area contributed by atoms with Crippen molar-refractivity contribution in [3.63, 3.8) is 0 Å². The number of thiol groups is 1. The van der Waals surface area contributed by atoms with Gasteiger partial charge in [0, 0.05) is 19.2 Å². The molecule has 1 aromatic rings. The van der Waals surface area contributed by atoms with Crippen LogP contribution in [0.15, 0.2) is 12.3 Å². The Kier molecular flexibility index (Phi) is 3.70. The van der Waals surface area contributed by atoms with E-state index in [1.807, 2.05) is 0 Å². The molecule has 0 spiro atoms. The highest BCUT2D eigenvalue weighted by Crippen LogP contribution is 2.22. The van der Waals surface area contributed by atoms with Crippen molar-refractivity contribution in [1.82, 2.24) is 9.29 Å². The van der Waals surface area contributed by atoms with E-state index in [-0.39, 0.29) is 18.0 Å². The number of hydrogen-bond donors (Lipinski definition) is 2. The second-order valence-corrected chi connectivity index (χ2v) is 4.42. The minimum atomic E-state index is -0.556. The highest BCUT2D eigenvalue weighted by atomic mass is 32.1. The van der Waals surface area contributed by atoms with Gasteiger partial charge in [-0.3, -0.25) is 0 Å². The van der Waals surface area contributed by atoms with Gasteiger partial charge in [-0.05, 0) is 0 Å². The van der Waals surface area contributed by atoms with Crippen LogP contribution in [0.1, 0.15) is 0 Å². The van der Waals surface area contributed by atoms with Gasteiger partial charge in [-0.2, -0.15) is 0 Å². The van der Waals surface area contributed by atoms with Crippen molar-refractivity contribution in [1.29, 1.82) is 0 Å². The molecule has 2 N–H and O–H groups in total. The molecule has 2 unspecified atom stereocenters. The van der Waals surface area contributed by atoms with Gasteiger partial charge in [0.15, 0.2) is 5.82 Å². The van der Waals surface area contributed by atoms with E-state index in [0.29, 0.717) is 18.8 Å². The van der Waals surface area contributed by atoms with Crippen LogP contribution in [-0.4, -0.2) is 41.6 Å². The van der Waals surface area contributed by atoms with Gasteiger partial charge < -0.3 is 15.2 Å². The van der Waals surface area contributed by atoms with Crippen LogP contribution in [0.5, 0.6) is 11.6 Å². The molecule has 2 rings (SSSR count). The summed E-state index contributed by atoms with van der Waals surface area (Å²) in [6.45, 7) is 1.23. The van der Waals surface area contributed by atoms with Crippen LogP contribution in [0.3, 0.4) is 0 Å². The first kappa shape index (κ1) is 12.4. The van der Waals surface area contributed by atoms with Crippen LogP contribution < -0.4 is 15.2 Å². The van der Waals surface area contributed by atoms with Crippen molar-refractivity contribution in [3.8, 4) is 11.6 Å². The highest BCUT2D eigenvalue weighted by Gasteiger charge is 2.30. The highest BCUT2D eigenvalue weighted by molar-refractivity contribution is 7.77. The summed E-state index contributed by atoms with van der Waals surface area (Å²) in [5.74, 6) is -0.268. The van der Waals surface area contributed by atoms with Crippen molar-refractivity contribution in [2.45, 2.75) is 12.1 Å². The summed E-state index contributed by atoms with van der Waals surface area (Å²) in [5, 5.41) is 0. The maximum absolute atomic E-state index is 13.4. The molecule has 0 bridgehead atoms. The third-order valence-corrected chi connectivity index (χ3v) is 2.88. The van der Waals surface area contributed by atoms with Crippen LogP contribution in [-0.2, 0) is 0 Å². The Morgan fingerprint density at radius 2 is 2.35 bits per heavy atom. The molecule has 1 saturated heterocycles. The Morgan fingerprint density at radius 3 is 2.88 bits per heavy atom. The number of hydrogen-bond acceptors (Lipinski definition) is 6. The molecule has 5 nitrogen and oxygen atoms in total. The molecule has 94 valence electrons. The summed E-state index contributed by atoms with van der Waals surface area (Å²) >= 11 is 4.19. The molecule has 1 aliphatic rings. The smallest absolute Gasteiger partial charge is 0.250 e. The van der Waals surface area contributed by atoms with E-state index in [1.165, 1.54) is 19.4 Å². The van der Waals surface area contributed by atoms with Gasteiger partial charge in [0.05, 0.1) is 19.3 Å². The summed E-state index contributed by atoms with van der Waals surface area (Å²) in [5.41, 5.74) is 5.86. The van der Waals surface area contributed by atoms with Crippen molar-refractivity contribution in [3.05, 3.63) is 18.1 Å². The lowest BCUT2D eigenvalue weighted by molar-refractivity contribution is 0.199. The molecule has 0 amide bonds. The van der Waals surface area contributed by atoms with E-state index < -0.39 is 5.82 Å². The van der Waals surface area contributed by atoms with E-state index in [0.717, 1.165) is 0 Å². The first-order valence-corrected chi connectivity index (χ1v) is 5.55. The van der Waals surface area contributed by atoms with Gasteiger partial charge in [0.1, 0.15) is 11.9 Å². The second kappa shape index (κ2) is 5.07. The molecular weight excluding hydrogens is 245 g/mol. The average Bonchev–Trinajstić information content (AvgIpc) is 2.58. The molecule has 2 heterocycles. The third kappa shape index (κ3) is 2.80. The van der Waals surface area contributed by atoms with Gasteiger partial charge in [-0.25, -0.2) is 13.7 Å². The van der Waals surface area contributed by atoms with E-state index in [9.17, 15) is 4.39 Å². The van der Waals surface area contributed by atoms with E-state index >= 15 is 0 Å².